The monoisotopic (exact) mass is 1860 g/mol. The van der Waals surface area contributed by atoms with Crippen molar-refractivity contribution in [2.24, 2.45) is 44.9 Å². The zero-order chi connectivity index (χ0) is 72.5. The van der Waals surface area contributed by atoms with Gasteiger partial charge in [0.05, 0.1) is 74.0 Å². The number of aliphatic hydroxyl groups excluding tert-OH is 9. The quantitative estimate of drug-likeness (QED) is 0.0204. The molecule has 0 amide bonds. The van der Waals surface area contributed by atoms with Gasteiger partial charge in [0.2, 0.25) is 0 Å². The van der Waals surface area contributed by atoms with Gasteiger partial charge in [-0.3, -0.25) is 44.9 Å². The van der Waals surface area contributed by atoms with Gasteiger partial charge in [-0.05, 0) is 117 Å². The summed E-state index contributed by atoms with van der Waals surface area (Å²) in [7, 11) is -0.708. The number of nitrogens with zero attached hydrogens (tertiary/aromatic N) is 9. The number of rotatable bonds is 28. The molecule has 0 aliphatic carbocycles. The van der Waals surface area contributed by atoms with Crippen LogP contribution >= 0.6 is 0 Å². The van der Waals surface area contributed by atoms with Crippen LogP contribution in [0.1, 0.15) is 166 Å². The van der Waals surface area contributed by atoms with Crippen LogP contribution in [0.2, 0.25) is 75.5 Å². The summed E-state index contributed by atoms with van der Waals surface area (Å²) in [5.74, 6) is 0. The number of aliphatic hydroxyl groups is 9. The third-order valence-corrected chi connectivity index (χ3v) is 30.9. The number of aliphatic imine (C=N–C) groups is 9. The second-order valence-corrected chi connectivity index (χ2v) is 45.0. The van der Waals surface area contributed by atoms with Crippen LogP contribution < -0.4 is 0 Å². The third-order valence-electron chi connectivity index (χ3n) is 15.1. The van der Waals surface area contributed by atoms with Gasteiger partial charge >= 0.3 is 0 Å². The van der Waals surface area contributed by atoms with Crippen LogP contribution in [-0.2, 0) is 151 Å². The van der Waals surface area contributed by atoms with Crippen LogP contribution in [0.3, 0.4) is 0 Å². The summed E-state index contributed by atoms with van der Waals surface area (Å²) in [6, 6.07) is 6.89. The summed E-state index contributed by atoms with van der Waals surface area (Å²) in [6.07, 6.45) is 1.83. The Kier molecular flexibility index (Phi) is 135. The minimum absolute atomic E-state index is 0. The second kappa shape index (κ2) is 91.0. The van der Waals surface area contributed by atoms with Gasteiger partial charge in [-0.25, -0.2) is 0 Å². The van der Waals surface area contributed by atoms with Crippen LogP contribution in [0, 0.1) is 0 Å². The molecule has 0 aromatic heterocycles. The first-order valence-electron chi connectivity index (χ1n) is 32.7. The van der Waals surface area contributed by atoms with Crippen molar-refractivity contribution < 1.29 is 197 Å². The van der Waals surface area contributed by atoms with Crippen molar-refractivity contribution in [3.8, 4) is 0 Å². The molecule has 0 saturated carbocycles. The Morgan fingerprint density at radius 3 is 0.745 bits per heavy atom. The fraction of sp³-hybridized carbons (Fsp3) is 0.806. The second-order valence-electron chi connectivity index (χ2n) is 23.7. The van der Waals surface area contributed by atoms with E-state index in [4.69, 9.17) is 25.5 Å². The number of hydrogen-bond donors (Lipinski definition) is 9. The van der Waals surface area contributed by atoms with E-state index in [0.717, 1.165) is 128 Å². The van der Waals surface area contributed by atoms with Crippen LogP contribution in [0.5, 0.6) is 0 Å². The summed E-state index contributed by atoms with van der Waals surface area (Å²) in [5, 5.41) is 83.9. The average molecular weight is 1870 g/mol. The van der Waals surface area contributed by atoms with Gasteiger partial charge in [-0.1, -0.05) is 136 Å². The van der Waals surface area contributed by atoms with Crippen LogP contribution in [-0.4, -0.2) is 244 Å². The molecule has 8 unspecified atom stereocenters. The fourth-order valence-corrected chi connectivity index (χ4v) is 17.9. The molecule has 0 aromatic carbocycles. The van der Waals surface area contributed by atoms with Crippen molar-refractivity contribution in [1.82, 2.24) is 0 Å². The van der Waals surface area contributed by atoms with Crippen LogP contribution in [0.4, 0.5) is 0 Å². The molecule has 98 heavy (non-hydrogen) atoms. The predicted octanol–water partition coefficient (Wildman–Crippen LogP) is 12.5. The summed E-state index contributed by atoms with van der Waals surface area (Å²) in [5.41, 5.74) is 6.48. The van der Waals surface area contributed by atoms with E-state index in [2.05, 4.69) is 139 Å². The molecule has 8 atom stereocenters. The van der Waals surface area contributed by atoms with Gasteiger partial charge in [0.1, 0.15) is 12.2 Å². The molecule has 0 rings (SSSR count). The molecule has 0 aliphatic rings. The molecule has 9 radical (unpaired) electrons. The Balaban J connectivity index is -0.0000000457. The molecule has 0 bridgehead atoms. The van der Waals surface area contributed by atoms with Gasteiger partial charge in [-0.15, -0.1) is 13.2 Å². The molecular weight excluding hydrogens is 1720 g/mol. The van der Waals surface area contributed by atoms with E-state index in [1.54, 1.807) is 41.9 Å². The van der Waals surface area contributed by atoms with E-state index in [0.29, 0.717) is 5.71 Å². The van der Waals surface area contributed by atoms with Crippen molar-refractivity contribution in [1.29, 1.82) is 0 Å². The van der Waals surface area contributed by atoms with Gasteiger partial charge in [-0.2, -0.15) is 0 Å². The molecule has 0 saturated heterocycles. The van der Waals surface area contributed by atoms with Gasteiger partial charge in [0.15, 0.2) is 0 Å². The largest absolute Gasteiger partial charge is 0.391 e. The Morgan fingerprint density at radius 1 is 0.337 bits per heavy atom. The predicted molar refractivity (Wildman–Crippen MR) is 412 cm³/mol. The molecule has 0 spiro atoms. The smallest absolute Gasteiger partial charge is 0.109 e. The SMILES string of the molecule is C=CC(O)C(C)=NC.C=CC(O)C(C)=NCC.CCN=C(C)C(C)O.CCN=C(C)C(O)CC.CCN=C(C)C(O)[Si](C)(C)C.CCN=C(C)C(O)[Si](CC)(CC)CC.CCN=C(C)CO.CC[Si](CC)(CC)C(O)C(C)=NC.CN=C(C)C(O)[Si](C)(C)C.[Co].[Co].[Co].[Co].[Co].[Co].[Co].[Co].[Co]. The van der Waals surface area contributed by atoms with E-state index in [-0.39, 0.29) is 193 Å². The van der Waals surface area contributed by atoms with E-state index < -0.39 is 44.5 Å². The maximum Gasteiger partial charge on any atom is 0.109 e. The van der Waals surface area contributed by atoms with E-state index in [1.807, 2.05) is 96.9 Å². The molecular formula is C67H147Co9N9O9Si4. The van der Waals surface area contributed by atoms with Crippen molar-refractivity contribution in [3.05, 3.63) is 25.3 Å². The number of hydrogen-bond acceptors (Lipinski definition) is 18. The van der Waals surface area contributed by atoms with Gasteiger partial charge < -0.3 is 46.0 Å². The standard InChI is InChI=1S/C11H25NOSi.C10H23NOSi.C8H19NOSi.C7H17NOSi.C7H15NO.C7H13NO.C6H11NO.C6H13NO.C5H11NO.9Co/c1-6-12-10(5)11(13)14(7-2,8-3)9-4;1-6-13(7-2,8-3)10(12)9(4)11-5;1-6-9-7(2)8(10)11(3,4)5;1-6(8-2)7(9)10(3,4)5;2*1-4-7(9)6(3)8-5-2;1-4-6(8)5(2)7-3;1-4-7-5(2)6(3)8;1-3-6-5(2)4-7;;;;;;;;;/h11,13H,6-9H2,1-5H3;10,12H,6-8H2,1-5H3;8,10H,6H2,1-5H3;7,9H,1-5H3;7,9H,4-5H2,1-3H3;4,7,9H,1,5H2,2-3H3;4,6,8H,1H2,2-3H3;6,8H,4H2,1-3H3;7H,3-4H2,1-2H3;;;;;;;;;. The van der Waals surface area contributed by atoms with Crippen LogP contribution in [0.15, 0.2) is 70.2 Å². The first kappa shape index (κ1) is 145. The Bertz CT molecular complexity index is 2040. The first-order chi connectivity index (χ1) is 41.1. The topological polar surface area (TPSA) is 293 Å². The normalized spacial score (nSPS) is 14.3. The minimum Gasteiger partial charge on any atom is -0.391 e. The molecule has 18 nitrogen and oxygen atoms in total. The van der Waals surface area contributed by atoms with Crippen molar-refractivity contribution in [2.75, 3.05) is 67.0 Å². The van der Waals surface area contributed by atoms with E-state index in [1.165, 1.54) is 12.2 Å². The molecule has 0 aliphatic heterocycles. The first-order valence-corrected chi connectivity index (χ1v) is 45.3. The summed E-state index contributed by atoms with van der Waals surface area (Å²) in [4.78, 5) is 36.3. The van der Waals surface area contributed by atoms with Crippen molar-refractivity contribution in [3.63, 3.8) is 0 Å². The zero-order valence-corrected chi connectivity index (χ0v) is 80.0. The van der Waals surface area contributed by atoms with E-state index >= 15 is 0 Å². The maximum absolute atomic E-state index is 10.3. The van der Waals surface area contributed by atoms with E-state index in [9.17, 15) is 20.4 Å². The average Bonchev–Trinajstić information content (AvgIpc) is 3.51. The Morgan fingerprint density at radius 2 is 0.561 bits per heavy atom. The molecule has 0 aromatic rings. The van der Waals surface area contributed by atoms with Crippen molar-refractivity contribution >= 4 is 83.7 Å². The van der Waals surface area contributed by atoms with Gasteiger partial charge in [0.25, 0.3) is 0 Å². The van der Waals surface area contributed by atoms with Gasteiger partial charge in [0, 0.05) is 263 Å². The Labute approximate surface area is 699 Å². The third kappa shape index (κ3) is 78.6. The minimum atomic E-state index is -1.50. The molecule has 0 fully saturated rings. The fourth-order valence-electron chi connectivity index (χ4n) is 7.88. The Hall–Kier alpha value is 1.58. The molecule has 9 N–H and O–H groups in total. The molecule has 31 heteroatoms. The summed E-state index contributed by atoms with van der Waals surface area (Å²) in [6.45, 7) is 69.7. The zero-order valence-electron chi connectivity index (χ0n) is 66.6. The maximum atomic E-state index is 10.3. The molecule has 611 valence electrons. The summed E-state index contributed by atoms with van der Waals surface area (Å²) < 4.78 is 0. The molecule has 0 heterocycles. The van der Waals surface area contributed by atoms with Crippen LogP contribution in [0.25, 0.3) is 0 Å². The summed E-state index contributed by atoms with van der Waals surface area (Å²) >= 11 is 0. The van der Waals surface area contributed by atoms with Crippen molar-refractivity contribution in [2.45, 2.75) is 289 Å².